The highest BCUT2D eigenvalue weighted by molar-refractivity contribution is 7.11. The average molecular weight is 306 g/mol. The lowest BCUT2D eigenvalue weighted by Crippen LogP contribution is -2.05. The Balaban J connectivity index is 1.99. The number of ether oxygens (including phenoxy) is 2. The summed E-state index contributed by atoms with van der Waals surface area (Å²) in [5.74, 6) is 1.66. The normalized spacial score (nSPS) is 10.6. The summed E-state index contributed by atoms with van der Waals surface area (Å²) in [6.45, 7) is 3.56. The van der Waals surface area contributed by atoms with Crippen molar-refractivity contribution in [1.82, 2.24) is 10.3 Å². The molecule has 0 saturated carbocycles. The summed E-state index contributed by atoms with van der Waals surface area (Å²) in [7, 11) is 3.62. The van der Waals surface area contributed by atoms with Gasteiger partial charge in [0.25, 0.3) is 0 Å². The third kappa shape index (κ3) is 4.44. The van der Waals surface area contributed by atoms with Gasteiger partial charge < -0.3 is 14.8 Å². The van der Waals surface area contributed by atoms with E-state index in [4.69, 9.17) is 14.5 Å². The molecule has 0 atom stereocenters. The summed E-state index contributed by atoms with van der Waals surface area (Å²) in [5, 5.41) is 4.23. The Morgan fingerprint density at radius 3 is 2.52 bits per heavy atom. The highest BCUT2D eigenvalue weighted by atomic mass is 32.1. The van der Waals surface area contributed by atoms with E-state index in [2.05, 4.69) is 12.2 Å². The first-order valence-corrected chi connectivity index (χ1v) is 7.97. The molecule has 0 fully saturated rings. The Kier molecular flexibility index (Phi) is 6.02. The first-order valence-electron chi connectivity index (χ1n) is 7.15. The van der Waals surface area contributed by atoms with E-state index in [-0.39, 0.29) is 0 Å². The van der Waals surface area contributed by atoms with Crippen molar-refractivity contribution in [1.29, 1.82) is 0 Å². The second-order valence-electron chi connectivity index (χ2n) is 4.72. The number of hydrogen-bond acceptors (Lipinski definition) is 5. The van der Waals surface area contributed by atoms with Crippen molar-refractivity contribution in [3.63, 3.8) is 0 Å². The SMILES string of the molecule is CCCc1nc(COc2ccc(OC)cc2)sc1CNC. The van der Waals surface area contributed by atoms with Crippen molar-refractivity contribution in [2.24, 2.45) is 0 Å². The van der Waals surface area contributed by atoms with Crippen LogP contribution in [-0.4, -0.2) is 19.1 Å². The zero-order valence-electron chi connectivity index (χ0n) is 12.8. The molecule has 1 heterocycles. The minimum Gasteiger partial charge on any atom is -0.497 e. The fourth-order valence-electron chi connectivity index (χ4n) is 2.05. The van der Waals surface area contributed by atoms with Crippen LogP contribution in [0.1, 0.15) is 28.9 Å². The van der Waals surface area contributed by atoms with Crippen molar-refractivity contribution in [3.05, 3.63) is 39.8 Å². The predicted molar refractivity (Wildman–Crippen MR) is 86.2 cm³/mol. The summed E-state index contributed by atoms with van der Waals surface area (Å²) in [6.07, 6.45) is 2.13. The Bertz CT molecular complexity index is 528. The molecule has 1 N–H and O–H groups in total. The largest absolute Gasteiger partial charge is 0.497 e. The van der Waals surface area contributed by atoms with Gasteiger partial charge in [-0.05, 0) is 37.7 Å². The maximum absolute atomic E-state index is 5.79. The van der Waals surface area contributed by atoms with Gasteiger partial charge in [0.1, 0.15) is 23.1 Å². The Morgan fingerprint density at radius 1 is 1.19 bits per heavy atom. The van der Waals surface area contributed by atoms with Gasteiger partial charge >= 0.3 is 0 Å². The molecule has 0 radical (unpaired) electrons. The number of hydrogen-bond donors (Lipinski definition) is 1. The molecule has 0 bridgehead atoms. The van der Waals surface area contributed by atoms with E-state index in [0.717, 1.165) is 35.9 Å². The fraction of sp³-hybridized carbons (Fsp3) is 0.438. The molecule has 1 aromatic carbocycles. The van der Waals surface area contributed by atoms with E-state index in [1.807, 2.05) is 31.3 Å². The molecular weight excluding hydrogens is 284 g/mol. The molecule has 0 spiro atoms. The number of aromatic nitrogens is 1. The molecule has 4 nitrogen and oxygen atoms in total. The van der Waals surface area contributed by atoms with Crippen molar-refractivity contribution < 1.29 is 9.47 Å². The minimum atomic E-state index is 0.511. The number of thiazole rings is 1. The second-order valence-corrected chi connectivity index (χ2v) is 5.89. The molecule has 2 rings (SSSR count). The van der Waals surface area contributed by atoms with E-state index >= 15 is 0 Å². The lowest BCUT2D eigenvalue weighted by molar-refractivity contribution is 0.304. The first kappa shape index (κ1) is 15.8. The van der Waals surface area contributed by atoms with Crippen LogP contribution in [-0.2, 0) is 19.6 Å². The molecule has 2 aromatic rings. The van der Waals surface area contributed by atoms with Gasteiger partial charge in [0, 0.05) is 11.4 Å². The molecule has 0 aliphatic heterocycles. The summed E-state index contributed by atoms with van der Waals surface area (Å²) >= 11 is 1.73. The van der Waals surface area contributed by atoms with E-state index < -0.39 is 0 Å². The topological polar surface area (TPSA) is 43.4 Å². The van der Waals surface area contributed by atoms with Crippen LogP contribution in [0.4, 0.5) is 0 Å². The van der Waals surface area contributed by atoms with Crippen LogP contribution < -0.4 is 14.8 Å². The highest BCUT2D eigenvalue weighted by Gasteiger charge is 2.10. The Hall–Kier alpha value is -1.59. The molecule has 5 heteroatoms. The quantitative estimate of drug-likeness (QED) is 0.812. The number of rotatable bonds is 8. The summed E-state index contributed by atoms with van der Waals surface area (Å²) in [4.78, 5) is 6.01. The fourth-order valence-corrected chi connectivity index (χ4v) is 3.09. The van der Waals surface area contributed by atoms with Crippen LogP contribution >= 0.6 is 11.3 Å². The molecule has 0 aliphatic rings. The number of methoxy groups -OCH3 is 1. The molecule has 0 aliphatic carbocycles. The number of benzene rings is 1. The van der Waals surface area contributed by atoms with Gasteiger partial charge in [0.2, 0.25) is 0 Å². The molecule has 0 amide bonds. The molecule has 0 unspecified atom stereocenters. The van der Waals surface area contributed by atoms with Gasteiger partial charge in [-0.15, -0.1) is 11.3 Å². The molecule has 21 heavy (non-hydrogen) atoms. The first-order chi connectivity index (χ1) is 10.3. The smallest absolute Gasteiger partial charge is 0.140 e. The van der Waals surface area contributed by atoms with Gasteiger partial charge in [0.15, 0.2) is 0 Å². The summed E-state index contributed by atoms with van der Waals surface area (Å²) in [6, 6.07) is 7.61. The van der Waals surface area contributed by atoms with Crippen LogP contribution in [0.5, 0.6) is 11.5 Å². The van der Waals surface area contributed by atoms with E-state index in [1.54, 1.807) is 18.4 Å². The lowest BCUT2D eigenvalue weighted by atomic mass is 10.2. The van der Waals surface area contributed by atoms with E-state index in [9.17, 15) is 0 Å². The minimum absolute atomic E-state index is 0.511. The van der Waals surface area contributed by atoms with Crippen molar-refractivity contribution in [2.75, 3.05) is 14.2 Å². The maximum Gasteiger partial charge on any atom is 0.140 e. The molecule has 1 aromatic heterocycles. The van der Waals surface area contributed by atoms with Gasteiger partial charge in [0.05, 0.1) is 12.8 Å². The monoisotopic (exact) mass is 306 g/mol. The van der Waals surface area contributed by atoms with Crippen molar-refractivity contribution >= 4 is 11.3 Å². The van der Waals surface area contributed by atoms with Gasteiger partial charge in [-0.25, -0.2) is 4.98 Å². The van der Waals surface area contributed by atoms with E-state index in [0.29, 0.717) is 6.61 Å². The molecular formula is C16H22N2O2S. The van der Waals surface area contributed by atoms with Gasteiger partial charge in [-0.2, -0.15) is 0 Å². The zero-order chi connectivity index (χ0) is 15.1. The standard InChI is InChI=1S/C16H22N2O2S/c1-4-5-14-15(10-17-2)21-16(18-14)11-20-13-8-6-12(19-3)7-9-13/h6-9,17H,4-5,10-11H2,1-3H3. The third-order valence-electron chi connectivity index (χ3n) is 3.07. The van der Waals surface area contributed by atoms with Crippen molar-refractivity contribution in [2.45, 2.75) is 32.9 Å². The molecule has 0 saturated heterocycles. The number of nitrogens with zero attached hydrogens (tertiary/aromatic N) is 1. The molecule has 114 valence electrons. The highest BCUT2D eigenvalue weighted by Crippen LogP contribution is 2.23. The van der Waals surface area contributed by atoms with Crippen LogP contribution in [0.25, 0.3) is 0 Å². The van der Waals surface area contributed by atoms with Crippen LogP contribution in [0.3, 0.4) is 0 Å². The third-order valence-corrected chi connectivity index (χ3v) is 4.14. The average Bonchev–Trinajstić information content (AvgIpc) is 2.89. The number of aryl methyl sites for hydroxylation is 1. The number of nitrogens with one attached hydrogen (secondary N) is 1. The summed E-state index contributed by atoms with van der Waals surface area (Å²) in [5.41, 5.74) is 1.20. The van der Waals surface area contributed by atoms with Crippen molar-refractivity contribution in [3.8, 4) is 11.5 Å². The Morgan fingerprint density at radius 2 is 1.90 bits per heavy atom. The zero-order valence-corrected chi connectivity index (χ0v) is 13.6. The predicted octanol–water partition coefficient (Wildman–Crippen LogP) is 3.40. The van der Waals surface area contributed by atoms with Crippen LogP contribution in [0, 0.1) is 0 Å². The van der Waals surface area contributed by atoms with Gasteiger partial charge in [-0.3, -0.25) is 0 Å². The lowest BCUT2D eigenvalue weighted by Gasteiger charge is -2.05. The summed E-state index contributed by atoms with van der Waals surface area (Å²) < 4.78 is 10.9. The van der Waals surface area contributed by atoms with Gasteiger partial charge in [-0.1, -0.05) is 13.3 Å². The van der Waals surface area contributed by atoms with E-state index in [1.165, 1.54) is 10.6 Å². The Labute approximate surface area is 130 Å². The maximum atomic E-state index is 5.79. The van der Waals surface area contributed by atoms with Crippen LogP contribution in [0.15, 0.2) is 24.3 Å². The second kappa shape index (κ2) is 8.00. The van der Waals surface area contributed by atoms with Crippen LogP contribution in [0.2, 0.25) is 0 Å².